The topological polar surface area (TPSA) is 40.6 Å². The highest BCUT2D eigenvalue weighted by Crippen LogP contribution is 2.24. The highest BCUT2D eigenvalue weighted by atomic mass is 16.2. The normalized spacial score (nSPS) is 11.2. The number of hydrogen-bond donors (Lipinski definition) is 0. The molecule has 0 saturated carbocycles. The first-order valence-corrected chi connectivity index (χ1v) is 6.91. The largest absolute Gasteiger partial charge is 0.343 e. The zero-order valence-corrected chi connectivity index (χ0v) is 12.7. The van der Waals surface area contributed by atoms with Crippen molar-refractivity contribution in [3.8, 4) is 0 Å². The molecule has 106 valence electrons. The minimum absolute atomic E-state index is 0.0607. The highest BCUT2D eigenvalue weighted by molar-refractivity contribution is 5.88. The molecule has 0 fully saturated rings. The molecule has 0 saturated heterocycles. The SMILES string of the molecule is CCN(CC)C(=O)CC(C)(C)C(=O)N(CC)CC. The molecule has 0 aromatic heterocycles. The fraction of sp³-hybridized carbons (Fsp3) is 0.857. The highest BCUT2D eigenvalue weighted by Gasteiger charge is 2.34. The Morgan fingerprint density at radius 2 is 1.22 bits per heavy atom. The molecular formula is C14H28N2O2. The summed E-state index contributed by atoms with van der Waals surface area (Å²) in [6.45, 7) is 14.3. The van der Waals surface area contributed by atoms with Crippen LogP contribution in [0.25, 0.3) is 0 Å². The summed E-state index contributed by atoms with van der Waals surface area (Å²) in [7, 11) is 0. The van der Waals surface area contributed by atoms with E-state index in [1.807, 2.05) is 41.5 Å². The molecule has 0 aromatic carbocycles. The summed E-state index contributed by atoms with van der Waals surface area (Å²) >= 11 is 0. The summed E-state index contributed by atoms with van der Waals surface area (Å²) in [4.78, 5) is 28.0. The lowest BCUT2D eigenvalue weighted by molar-refractivity contribution is -0.145. The van der Waals surface area contributed by atoms with Crippen molar-refractivity contribution in [3.63, 3.8) is 0 Å². The van der Waals surface area contributed by atoms with Crippen LogP contribution in [0.5, 0.6) is 0 Å². The Hall–Kier alpha value is -1.06. The Bertz CT molecular complexity index is 280. The van der Waals surface area contributed by atoms with Crippen molar-refractivity contribution in [2.45, 2.75) is 48.0 Å². The van der Waals surface area contributed by atoms with Gasteiger partial charge in [0.05, 0.1) is 5.41 Å². The molecule has 18 heavy (non-hydrogen) atoms. The quantitative estimate of drug-likeness (QED) is 0.700. The molecule has 0 aliphatic heterocycles. The van der Waals surface area contributed by atoms with Gasteiger partial charge in [0.1, 0.15) is 0 Å². The van der Waals surface area contributed by atoms with Crippen molar-refractivity contribution in [2.24, 2.45) is 5.41 Å². The predicted octanol–water partition coefficient (Wildman–Crippen LogP) is 2.14. The molecule has 0 aliphatic rings. The molecule has 0 aliphatic carbocycles. The van der Waals surface area contributed by atoms with Gasteiger partial charge in [-0.05, 0) is 27.7 Å². The minimum atomic E-state index is -0.619. The second-order valence-electron chi connectivity index (χ2n) is 5.10. The average molecular weight is 256 g/mol. The predicted molar refractivity (Wildman–Crippen MR) is 74.3 cm³/mol. The van der Waals surface area contributed by atoms with Gasteiger partial charge in [-0.3, -0.25) is 9.59 Å². The van der Waals surface area contributed by atoms with Crippen molar-refractivity contribution < 1.29 is 9.59 Å². The maximum absolute atomic E-state index is 12.3. The van der Waals surface area contributed by atoms with Gasteiger partial charge < -0.3 is 9.80 Å². The van der Waals surface area contributed by atoms with E-state index in [9.17, 15) is 9.59 Å². The van der Waals surface area contributed by atoms with E-state index in [2.05, 4.69) is 0 Å². The second kappa shape index (κ2) is 7.39. The summed E-state index contributed by atoms with van der Waals surface area (Å²) in [6.07, 6.45) is 0.282. The van der Waals surface area contributed by atoms with Gasteiger partial charge in [-0.1, -0.05) is 13.8 Å². The van der Waals surface area contributed by atoms with Crippen LogP contribution in [0.1, 0.15) is 48.0 Å². The van der Waals surface area contributed by atoms with Gasteiger partial charge in [-0.25, -0.2) is 0 Å². The zero-order valence-electron chi connectivity index (χ0n) is 12.7. The van der Waals surface area contributed by atoms with Gasteiger partial charge in [-0.15, -0.1) is 0 Å². The fourth-order valence-electron chi connectivity index (χ4n) is 2.08. The van der Waals surface area contributed by atoms with E-state index in [-0.39, 0.29) is 18.2 Å². The molecule has 0 spiro atoms. The van der Waals surface area contributed by atoms with Crippen LogP contribution in [0.2, 0.25) is 0 Å². The summed E-state index contributed by atoms with van der Waals surface area (Å²) in [5, 5.41) is 0. The third-order valence-electron chi connectivity index (χ3n) is 3.34. The summed E-state index contributed by atoms with van der Waals surface area (Å²) in [5.41, 5.74) is -0.619. The molecule has 0 rings (SSSR count). The van der Waals surface area contributed by atoms with E-state index < -0.39 is 5.41 Å². The third-order valence-corrected chi connectivity index (χ3v) is 3.34. The van der Waals surface area contributed by atoms with Crippen LogP contribution in [0.3, 0.4) is 0 Å². The summed E-state index contributed by atoms with van der Waals surface area (Å²) < 4.78 is 0. The molecule has 0 heterocycles. The molecular weight excluding hydrogens is 228 g/mol. The van der Waals surface area contributed by atoms with E-state index >= 15 is 0 Å². The van der Waals surface area contributed by atoms with Gasteiger partial charge >= 0.3 is 0 Å². The maximum atomic E-state index is 12.3. The van der Waals surface area contributed by atoms with E-state index in [1.165, 1.54) is 0 Å². The van der Waals surface area contributed by atoms with Crippen molar-refractivity contribution in [1.82, 2.24) is 9.80 Å². The van der Waals surface area contributed by atoms with Crippen LogP contribution >= 0.6 is 0 Å². The smallest absolute Gasteiger partial charge is 0.228 e. The van der Waals surface area contributed by atoms with E-state index in [4.69, 9.17) is 0 Å². The molecule has 2 amide bonds. The van der Waals surface area contributed by atoms with Crippen LogP contribution in [0.15, 0.2) is 0 Å². The maximum Gasteiger partial charge on any atom is 0.228 e. The van der Waals surface area contributed by atoms with Crippen molar-refractivity contribution in [2.75, 3.05) is 26.2 Å². The van der Waals surface area contributed by atoms with Gasteiger partial charge in [0.25, 0.3) is 0 Å². The zero-order chi connectivity index (χ0) is 14.3. The average Bonchev–Trinajstić information content (AvgIpc) is 2.31. The Labute approximate surface area is 111 Å². The molecule has 0 radical (unpaired) electrons. The lowest BCUT2D eigenvalue weighted by Crippen LogP contribution is -2.44. The molecule has 4 heteroatoms. The van der Waals surface area contributed by atoms with E-state index in [0.717, 1.165) is 0 Å². The summed E-state index contributed by atoms with van der Waals surface area (Å²) in [5.74, 6) is 0.124. The Kier molecular flexibility index (Phi) is 6.96. The minimum Gasteiger partial charge on any atom is -0.343 e. The molecule has 0 atom stereocenters. The first kappa shape index (κ1) is 16.9. The molecule has 0 N–H and O–H groups in total. The van der Waals surface area contributed by atoms with Gasteiger partial charge in [-0.2, -0.15) is 0 Å². The van der Waals surface area contributed by atoms with Crippen LogP contribution in [-0.4, -0.2) is 47.8 Å². The molecule has 0 unspecified atom stereocenters. The van der Waals surface area contributed by atoms with Crippen molar-refractivity contribution >= 4 is 11.8 Å². The fourth-order valence-corrected chi connectivity index (χ4v) is 2.08. The van der Waals surface area contributed by atoms with Gasteiger partial charge in [0, 0.05) is 32.6 Å². The molecule has 0 bridgehead atoms. The van der Waals surface area contributed by atoms with Crippen LogP contribution in [0, 0.1) is 5.41 Å². The number of hydrogen-bond acceptors (Lipinski definition) is 2. The number of nitrogens with zero attached hydrogens (tertiary/aromatic N) is 2. The van der Waals surface area contributed by atoms with Crippen molar-refractivity contribution in [3.05, 3.63) is 0 Å². The number of amides is 2. The van der Waals surface area contributed by atoms with E-state index in [0.29, 0.717) is 26.2 Å². The number of carbonyl (C=O) groups excluding carboxylic acids is 2. The second-order valence-corrected chi connectivity index (χ2v) is 5.10. The lowest BCUT2D eigenvalue weighted by Gasteiger charge is -2.31. The van der Waals surface area contributed by atoms with Crippen LogP contribution in [0.4, 0.5) is 0 Å². The number of rotatable bonds is 7. The standard InChI is InChI=1S/C14H28N2O2/c1-7-15(8-2)12(17)11-14(5,6)13(18)16(9-3)10-4/h7-11H2,1-6H3. The first-order chi connectivity index (χ1) is 8.33. The van der Waals surface area contributed by atoms with Gasteiger partial charge in [0.2, 0.25) is 11.8 Å². The Morgan fingerprint density at radius 1 is 0.833 bits per heavy atom. The van der Waals surface area contributed by atoms with Gasteiger partial charge in [0.15, 0.2) is 0 Å². The monoisotopic (exact) mass is 256 g/mol. The van der Waals surface area contributed by atoms with Crippen LogP contribution in [-0.2, 0) is 9.59 Å². The van der Waals surface area contributed by atoms with Crippen LogP contribution < -0.4 is 0 Å². The first-order valence-electron chi connectivity index (χ1n) is 6.91. The number of carbonyl (C=O) groups is 2. The Morgan fingerprint density at radius 3 is 1.56 bits per heavy atom. The van der Waals surface area contributed by atoms with E-state index in [1.54, 1.807) is 9.80 Å². The summed E-state index contributed by atoms with van der Waals surface area (Å²) in [6, 6.07) is 0. The molecule has 0 aromatic rings. The lowest BCUT2D eigenvalue weighted by atomic mass is 9.86. The Balaban J connectivity index is 4.73. The van der Waals surface area contributed by atoms with Crippen molar-refractivity contribution in [1.29, 1.82) is 0 Å². The molecule has 4 nitrogen and oxygen atoms in total. The third kappa shape index (κ3) is 4.31.